The number of halogens is 4. The first-order valence-electron chi connectivity index (χ1n) is 11.6. The van der Waals surface area contributed by atoms with Crippen molar-refractivity contribution >= 4 is 28.8 Å². The van der Waals surface area contributed by atoms with Gasteiger partial charge in [0, 0.05) is 28.9 Å². The summed E-state index contributed by atoms with van der Waals surface area (Å²) in [6.07, 6.45) is -2.11. The minimum Gasteiger partial charge on any atom is -0.326 e. The number of alkyl halides is 3. The summed E-state index contributed by atoms with van der Waals surface area (Å²) in [4.78, 5) is 17.5. The van der Waals surface area contributed by atoms with Gasteiger partial charge in [0.1, 0.15) is 5.65 Å². The Morgan fingerprint density at radius 2 is 1.59 bits per heavy atom. The lowest BCUT2D eigenvalue weighted by molar-refractivity contribution is -0.137. The van der Waals surface area contributed by atoms with Gasteiger partial charge < -0.3 is 9.72 Å². The number of aromatic nitrogens is 2. The monoisotopic (exact) mass is 519 g/mol. The van der Waals surface area contributed by atoms with E-state index in [0.717, 1.165) is 23.4 Å². The molecule has 8 heteroatoms. The number of hydrogen-bond donors (Lipinski definition) is 1. The van der Waals surface area contributed by atoms with Crippen molar-refractivity contribution in [3.8, 4) is 22.4 Å². The van der Waals surface area contributed by atoms with E-state index in [4.69, 9.17) is 16.6 Å². The highest BCUT2D eigenvalue weighted by Gasteiger charge is 2.30. The fourth-order valence-electron chi connectivity index (χ4n) is 4.19. The van der Waals surface area contributed by atoms with E-state index >= 15 is 0 Å². The average molecular weight is 520 g/mol. The molecule has 5 aromatic rings. The van der Waals surface area contributed by atoms with E-state index in [1.165, 1.54) is 6.07 Å². The first kappa shape index (κ1) is 24.6. The Morgan fingerprint density at radius 3 is 2.32 bits per heavy atom. The third-order valence-corrected chi connectivity index (χ3v) is 6.26. The fraction of sp³-hybridized carbons (Fsp3) is 0.103. The molecule has 0 aliphatic heterocycles. The second kappa shape index (κ2) is 10.1. The molecule has 0 saturated carbocycles. The van der Waals surface area contributed by atoms with Gasteiger partial charge in [-0.1, -0.05) is 54.1 Å². The zero-order valence-electron chi connectivity index (χ0n) is 19.5. The number of pyridine rings is 1. The van der Waals surface area contributed by atoms with Crippen LogP contribution in [0.3, 0.4) is 0 Å². The molecule has 37 heavy (non-hydrogen) atoms. The Hall–Kier alpha value is -4.10. The molecule has 3 aromatic carbocycles. The van der Waals surface area contributed by atoms with E-state index in [0.29, 0.717) is 39.6 Å². The van der Waals surface area contributed by atoms with Gasteiger partial charge in [-0.2, -0.15) is 13.2 Å². The van der Waals surface area contributed by atoms with Crippen molar-refractivity contribution in [3.63, 3.8) is 0 Å². The van der Waals surface area contributed by atoms with E-state index in [9.17, 15) is 18.0 Å². The summed E-state index contributed by atoms with van der Waals surface area (Å²) >= 11 is 6.07. The Balaban J connectivity index is 1.53. The summed E-state index contributed by atoms with van der Waals surface area (Å²) in [5.41, 5.74) is 3.94. The number of rotatable bonds is 6. The van der Waals surface area contributed by atoms with Crippen molar-refractivity contribution in [1.82, 2.24) is 9.38 Å². The summed E-state index contributed by atoms with van der Waals surface area (Å²) in [5.74, 6) is -0.155. The van der Waals surface area contributed by atoms with Crippen LogP contribution in [-0.4, -0.2) is 15.3 Å². The quantitative estimate of drug-likeness (QED) is 0.248. The molecule has 4 nitrogen and oxygen atoms in total. The van der Waals surface area contributed by atoms with Crippen molar-refractivity contribution in [2.75, 3.05) is 5.32 Å². The number of anilines is 1. The van der Waals surface area contributed by atoms with Gasteiger partial charge in [0.2, 0.25) is 5.91 Å². The first-order chi connectivity index (χ1) is 17.8. The van der Waals surface area contributed by atoms with Crippen molar-refractivity contribution in [2.24, 2.45) is 0 Å². The van der Waals surface area contributed by atoms with Crippen molar-refractivity contribution in [1.29, 1.82) is 0 Å². The van der Waals surface area contributed by atoms with Crippen LogP contribution in [0.15, 0.2) is 97.2 Å². The summed E-state index contributed by atoms with van der Waals surface area (Å²) in [6.45, 7) is 0. The number of aryl methyl sites for hydroxylation is 1. The molecule has 0 aliphatic rings. The molecule has 0 atom stereocenters. The Bertz CT molecular complexity index is 1560. The number of para-hydroxylation sites is 1. The number of hydrogen-bond acceptors (Lipinski definition) is 2. The summed E-state index contributed by atoms with van der Waals surface area (Å²) < 4.78 is 41.7. The molecule has 2 heterocycles. The van der Waals surface area contributed by atoms with Crippen LogP contribution in [0.25, 0.3) is 28.0 Å². The maximum absolute atomic E-state index is 13.3. The maximum atomic E-state index is 13.3. The molecule has 1 amide bonds. The summed E-state index contributed by atoms with van der Waals surface area (Å²) in [7, 11) is 0. The second-order valence-electron chi connectivity index (χ2n) is 8.55. The van der Waals surface area contributed by atoms with Crippen LogP contribution in [0, 0.1) is 0 Å². The van der Waals surface area contributed by atoms with Crippen LogP contribution in [0.5, 0.6) is 0 Å². The molecule has 0 unspecified atom stereocenters. The van der Waals surface area contributed by atoms with Crippen LogP contribution >= 0.6 is 11.6 Å². The molecule has 1 N–H and O–H groups in total. The zero-order chi connectivity index (χ0) is 26.0. The van der Waals surface area contributed by atoms with E-state index < -0.39 is 11.7 Å². The lowest BCUT2D eigenvalue weighted by Gasteiger charge is -2.10. The van der Waals surface area contributed by atoms with Crippen molar-refractivity contribution in [2.45, 2.75) is 19.0 Å². The van der Waals surface area contributed by atoms with Crippen LogP contribution in [0.1, 0.15) is 17.7 Å². The Labute approximate surface area is 216 Å². The molecular weight excluding hydrogens is 499 g/mol. The average Bonchev–Trinajstić information content (AvgIpc) is 3.26. The lowest BCUT2D eigenvalue weighted by atomic mass is 10.0. The van der Waals surface area contributed by atoms with Crippen LogP contribution in [0.2, 0.25) is 5.02 Å². The van der Waals surface area contributed by atoms with Gasteiger partial charge in [-0.15, -0.1) is 0 Å². The molecule has 0 spiro atoms. The van der Waals surface area contributed by atoms with Gasteiger partial charge >= 0.3 is 6.18 Å². The molecule has 0 saturated heterocycles. The van der Waals surface area contributed by atoms with Crippen molar-refractivity contribution < 1.29 is 18.0 Å². The smallest absolute Gasteiger partial charge is 0.326 e. The largest absolute Gasteiger partial charge is 0.416 e. The third kappa shape index (κ3) is 5.52. The fourth-order valence-corrected chi connectivity index (χ4v) is 4.32. The predicted octanol–water partition coefficient (Wildman–Crippen LogP) is 7.91. The van der Waals surface area contributed by atoms with Gasteiger partial charge in [0.25, 0.3) is 0 Å². The molecule has 186 valence electrons. The van der Waals surface area contributed by atoms with Gasteiger partial charge in [-0.25, -0.2) is 4.98 Å². The molecule has 0 aliphatic carbocycles. The van der Waals surface area contributed by atoms with Gasteiger partial charge in [-0.3, -0.25) is 4.79 Å². The standard InChI is InChI=1S/C29H21ClF3N3O/c30-23-12-9-19(10-13-23)28-25(14-16-27(37)34-24-7-2-1-3-8-24)36-18-21(11-15-26(36)35-28)20-5-4-6-22(17-20)29(31,32)33/h1-13,15,17-18H,14,16H2,(H,34,37). The number of carbonyl (C=O) groups excluding carboxylic acids is 1. The lowest BCUT2D eigenvalue weighted by Crippen LogP contribution is -2.13. The number of amides is 1. The van der Waals surface area contributed by atoms with E-state index in [2.05, 4.69) is 5.32 Å². The number of nitrogens with zero attached hydrogens (tertiary/aromatic N) is 2. The topological polar surface area (TPSA) is 46.4 Å². The van der Waals surface area contributed by atoms with Crippen LogP contribution in [-0.2, 0) is 17.4 Å². The SMILES string of the molecule is O=C(CCc1c(-c2ccc(Cl)cc2)nc2ccc(-c3cccc(C(F)(F)F)c3)cn12)Nc1ccccc1. The number of benzene rings is 3. The van der Waals surface area contributed by atoms with E-state index in [1.54, 1.807) is 36.5 Å². The minimum atomic E-state index is -4.44. The number of carbonyl (C=O) groups is 1. The van der Waals surface area contributed by atoms with Crippen molar-refractivity contribution in [3.05, 3.63) is 113 Å². The molecule has 0 bridgehead atoms. The summed E-state index contributed by atoms with van der Waals surface area (Å²) in [6, 6.07) is 25.1. The molecule has 2 aromatic heterocycles. The highest BCUT2D eigenvalue weighted by Crippen LogP contribution is 2.33. The van der Waals surface area contributed by atoms with E-state index in [1.807, 2.05) is 46.9 Å². The Kier molecular flexibility index (Phi) is 6.72. The van der Waals surface area contributed by atoms with Gasteiger partial charge in [-0.05, 0) is 66.1 Å². The molecule has 0 fully saturated rings. The minimum absolute atomic E-state index is 0.155. The van der Waals surface area contributed by atoms with Crippen LogP contribution < -0.4 is 5.32 Å². The second-order valence-corrected chi connectivity index (χ2v) is 8.99. The summed E-state index contributed by atoms with van der Waals surface area (Å²) in [5, 5.41) is 3.47. The Morgan fingerprint density at radius 1 is 0.865 bits per heavy atom. The number of nitrogens with one attached hydrogen (secondary N) is 1. The first-order valence-corrected chi connectivity index (χ1v) is 12.0. The third-order valence-electron chi connectivity index (χ3n) is 6.00. The molecule has 5 rings (SSSR count). The highest BCUT2D eigenvalue weighted by atomic mass is 35.5. The maximum Gasteiger partial charge on any atom is 0.416 e. The van der Waals surface area contributed by atoms with Crippen LogP contribution in [0.4, 0.5) is 18.9 Å². The molecule has 0 radical (unpaired) electrons. The zero-order valence-corrected chi connectivity index (χ0v) is 20.2. The van der Waals surface area contributed by atoms with Gasteiger partial charge in [0.05, 0.1) is 17.0 Å². The number of fused-ring (bicyclic) bond motifs is 1. The van der Waals surface area contributed by atoms with E-state index in [-0.39, 0.29) is 12.3 Å². The molecular formula is C29H21ClF3N3O. The van der Waals surface area contributed by atoms with Gasteiger partial charge in [0.15, 0.2) is 0 Å². The number of imidazole rings is 1. The normalized spacial score (nSPS) is 11.6. The predicted molar refractivity (Wildman–Crippen MR) is 139 cm³/mol. The highest BCUT2D eigenvalue weighted by molar-refractivity contribution is 6.30.